The van der Waals surface area contributed by atoms with Crippen LogP contribution in [0.5, 0.6) is 0 Å². The predicted molar refractivity (Wildman–Crippen MR) is 62.3 cm³/mol. The van der Waals surface area contributed by atoms with Crippen molar-refractivity contribution in [3.63, 3.8) is 0 Å². The lowest BCUT2D eigenvalue weighted by atomic mass is 10.1. The lowest BCUT2D eigenvalue weighted by Crippen LogP contribution is -1.89. The van der Waals surface area contributed by atoms with Gasteiger partial charge in [-0.1, -0.05) is 27.7 Å². The van der Waals surface area contributed by atoms with Gasteiger partial charge in [-0.05, 0) is 37.5 Å². The first-order chi connectivity index (χ1) is 6.54. The van der Waals surface area contributed by atoms with Gasteiger partial charge in [-0.15, -0.1) is 0 Å². The molecule has 0 aliphatic rings. The van der Waals surface area contributed by atoms with Crippen LogP contribution in [0.4, 0.5) is 0 Å². The maximum absolute atomic E-state index is 8.32. The number of hydrogen-bond donors (Lipinski definition) is 2. The van der Waals surface area contributed by atoms with Crippen molar-refractivity contribution in [1.82, 2.24) is 0 Å². The quantitative estimate of drug-likeness (QED) is 0.698. The van der Waals surface area contributed by atoms with E-state index in [1.165, 1.54) is 0 Å². The lowest BCUT2D eigenvalue weighted by Gasteiger charge is -1.98. The van der Waals surface area contributed by atoms with Crippen molar-refractivity contribution in [2.24, 2.45) is 11.8 Å². The van der Waals surface area contributed by atoms with E-state index in [1.54, 1.807) is 0 Å². The molecule has 0 radical (unpaired) electrons. The fourth-order valence-electron chi connectivity index (χ4n) is 0.999. The Bertz CT molecular complexity index is 78.3. The van der Waals surface area contributed by atoms with Crippen LogP contribution in [0.25, 0.3) is 0 Å². The zero-order valence-electron chi connectivity index (χ0n) is 10.3. The van der Waals surface area contributed by atoms with Gasteiger partial charge in [0, 0.05) is 13.2 Å². The van der Waals surface area contributed by atoms with Gasteiger partial charge >= 0.3 is 0 Å². The lowest BCUT2D eigenvalue weighted by molar-refractivity contribution is 0.276. The minimum atomic E-state index is 0.345. The van der Waals surface area contributed by atoms with Crippen molar-refractivity contribution in [2.75, 3.05) is 13.2 Å². The van der Waals surface area contributed by atoms with Gasteiger partial charge in [0.15, 0.2) is 0 Å². The summed E-state index contributed by atoms with van der Waals surface area (Å²) in [6.07, 6.45) is 4.21. The van der Waals surface area contributed by atoms with Crippen LogP contribution in [0.2, 0.25) is 0 Å². The van der Waals surface area contributed by atoms with Crippen molar-refractivity contribution >= 4 is 0 Å². The van der Waals surface area contributed by atoms with Gasteiger partial charge < -0.3 is 10.2 Å². The minimum Gasteiger partial charge on any atom is -0.396 e. The SMILES string of the molecule is CC(C)CCCO.CC(C)CCCO. The molecule has 0 aromatic heterocycles. The molecule has 0 aliphatic carbocycles. The third kappa shape index (κ3) is 22.7. The molecular weight excluding hydrogens is 176 g/mol. The van der Waals surface area contributed by atoms with E-state index in [2.05, 4.69) is 27.7 Å². The van der Waals surface area contributed by atoms with E-state index in [0.717, 1.165) is 37.5 Å². The number of aliphatic hydroxyl groups is 2. The maximum atomic E-state index is 8.32. The third-order valence-electron chi connectivity index (χ3n) is 1.88. The summed E-state index contributed by atoms with van der Waals surface area (Å²) < 4.78 is 0. The Kier molecular flexibility index (Phi) is 15.1. The maximum Gasteiger partial charge on any atom is 0.0431 e. The smallest absolute Gasteiger partial charge is 0.0431 e. The number of hydrogen-bond acceptors (Lipinski definition) is 2. The summed E-state index contributed by atoms with van der Waals surface area (Å²) in [6, 6.07) is 0. The largest absolute Gasteiger partial charge is 0.396 e. The Balaban J connectivity index is 0. The summed E-state index contributed by atoms with van der Waals surface area (Å²) >= 11 is 0. The second kappa shape index (κ2) is 12.9. The molecule has 88 valence electrons. The Morgan fingerprint density at radius 3 is 1.07 bits per heavy atom. The highest BCUT2D eigenvalue weighted by Crippen LogP contribution is 2.01. The molecule has 2 nitrogen and oxygen atoms in total. The molecule has 0 unspecified atom stereocenters. The van der Waals surface area contributed by atoms with E-state index < -0.39 is 0 Å². The zero-order valence-corrected chi connectivity index (χ0v) is 10.3. The van der Waals surface area contributed by atoms with Crippen molar-refractivity contribution in [3.8, 4) is 0 Å². The highest BCUT2D eigenvalue weighted by atomic mass is 16.3. The van der Waals surface area contributed by atoms with E-state index >= 15 is 0 Å². The van der Waals surface area contributed by atoms with Crippen molar-refractivity contribution in [3.05, 3.63) is 0 Å². The van der Waals surface area contributed by atoms with Gasteiger partial charge in [-0.25, -0.2) is 0 Å². The monoisotopic (exact) mass is 204 g/mol. The fourth-order valence-corrected chi connectivity index (χ4v) is 0.999. The first-order valence-corrected chi connectivity index (χ1v) is 5.76. The Morgan fingerprint density at radius 2 is 1.00 bits per heavy atom. The molecule has 0 atom stereocenters. The van der Waals surface area contributed by atoms with Gasteiger partial charge in [-0.3, -0.25) is 0 Å². The van der Waals surface area contributed by atoms with E-state index in [9.17, 15) is 0 Å². The summed E-state index contributed by atoms with van der Waals surface area (Å²) in [7, 11) is 0. The average molecular weight is 204 g/mol. The summed E-state index contributed by atoms with van der Waals surface area (Å²) in [5, 5.41) is 16.6. The average Bonchev–Trinajstić information content (AvgIpc) is 2.12. The summed E-state index contributed by atoms with van der Waals surface area (Å²) in [6.45, 7) is 9.34. The van der Waals surface area contributed by atoms with Crippen LogP contribution in [0, 0.1) is 11.8 Å². The van der Waals surface area contributed by atoms with E-state index in [1.807, 2.05) is 0 Å². The topological polar surface area (TPSA) is 40.5 Å². The van der Waals surface area contributed by atoms with Crippen molar-refractivity contribution in [1.29, 1.82) is 0 Å². The molecule has 0 saturated heterocycles. The zero-order chi connectivity index (χ0) is 11.4. The highest BCUT2D eigenvalue weighted by molar-refractivity contribution is 4.42. The van der Waals surface area contributed by atoms with Gasteiger partial charge in [0.1, 0.15) is 0 Å². The molecule has 0 rings (SSSR count). The van der Waals surface area contributed by atoms with Gasteiger partial charge in [0.2, 0.25) is 0 Å². The van der Waals surface area contributed by atoms with Gasteiger partial charge in [-0.2, -0.15) is 0 Å². The number of rotatable bonds is 6. The van der Waals surface area contributed by atoms with Crippen molar-refractivity contribution in [2.45, 2.75) is 53.4 Å². The van der Waals surface area contributed by atoms with Crippen LogP contribution >= 0.6 is 0 Å². The molecular formula is C12H28O2. The molecule has 0 aromatic rings. The van der Waals surface area contributed by atoms with Gasteiger partial charge in [0.25, 0.3) is 0 Å². The van der Waals surface area contributed by atoms with E-state index in [4.69, 9.17) is 10.2 Å². The van der Waals surface area contributed by atoms with E-state index in [-0.39, 0.29) is 0 Å². The highest BCUT2D eigenvalue weighted by Gasteiger charge is 1.89. The molecule has 2 heteroatoms. The Morgan fingerprint density at radius 1 is 0.714 bits per heavy atom. The summed E-state index contributed by atoms with van der Waals surface area (Å²) in [4.78, 5) is 0. The van der Waals surface area contributed by atoms with Crippen LogP contribution in [0.3, 0.4) is 0 Å². The third-order valence-corrected chi connectivity index (χ3v) is 1.88. The molecule has 0 saturated carbocycles. The van der Waals surface area contributed by atoms with Crippen LogP contribution in [0.15, 0.2) is 0 Å². The standard InChI is InChI=1S/2C6H14O/c2*1-6(2)4-3-5-7/h2*6-7H,3-5H2,1-2H3. The second-order valence-corrected chi connectivity index (χ2v) is 4.52. The van der Waals surface area contributed by atoms with E-state index in [0.29, 0.717) is 13.2 Å². The van der Waals surface area contributed by atoms with Gasteiger partial charge in [0.05, 0.1) is 0 Å². The Hall–Kier alpha value is -0.0800. The molecule has 0 aromatic carbocycles. The molecule has 14 heavy (non-hydrogen) atoms. The van der Waals surface area contributed by atoms with Crippen LogP contribution < -0.4 is 0 Å². The molecule has 0 fully saturated rings. The van der Waals surface area contributed by atoms with Crippen LogP contribution in [-0.2, 0) is 0 Å². The molecule has 0 spiro atoms. The molecule has 0 heterocycles. The first kappa shape index (κ1) is 16.4. The molecule has 0 bridgehead atoms. The predicted octanol–water partition coefficient (Wildman–Crippen LogP) is 2.83. The Labute approximate surface area is 89.3 Å². The fraction of sp³-hybridized carbons (Fsp3) is 1.00. The normalized spacial score (nSPS) is 10.3. The number of aliphatic hydroxyl groups excluding tert-OH is 2. The summed E-state index contributed by atoms with van der Waals surface area (Å²) in [5.74, 6) is 1.49. The van der Waals surface area contributed by atoms with Crippen LogP contribution in [-0.4, -0.2) is 23.4 Å². The second-order valence-electron chi connectivity index (χ2n) is 4.52. The summed E-state index contributed by atoms with van der Waals surface area (Å²) in [5.41, 5.74) is 0. The van der Waals surface area contributed by atoms with Crippen LogP contribution in [0.1, 0.15) is 53.4 Å². The minimum absolute atomic E-state index is 0.345. The molecule has 0 amide bonds. The molecule has 0 aliphatic heterocycles. The van der Waals surface area contributed by atoms with Crippen molar-refractivity contribution < 1.29 is 10.2 Å². The molecule has 2 N–H and O–H groups in total. The first-order valence-electron chi connectivity index (χ1n) is 5.76.